The number of carbonyl (C=O) groups is 1. The lowest BCUT2D eigenvalue weighted by atomic mass is 10.0. The molecule has 0 atom stereocenters. The summed E-state index contributed by atoms with van der Waals surface area (Å²) in [5.41, 5.74) is 1.27. The van der Waals surface area contributed by atoms with Crippen molar-refractivity contribution in [3.8, 4) is 5.75 Å². The third kappa shape index (κ3) is 7.65. The number of nitrogens with zero attached hydrogens (tertiary/aromatic N) is 1. The van der Waals surface area contributed by atoms with E-state index in [1.807, 2.05) is 6.07 Å². The van der Waals surface area contributed by atoms with Gasteiger partial charge in [-0.1, -0.05) is 26.8 Å². The number of ether oxygens (including phenoxy) is 2. The Balaban J connectivity index is 2.05. The van der Waals surface area contributed by atoms with Gasteiger partial charge in [-0.15, -0.1) is 11.8 Å². The fourth-order valence-electron chi connectivity index (χ4n) is 2.47. The van der Waals surface area contributed by atoms with Crippen molar-refractivity contribution in [3.05, 3.63) is 53.2 Å². The lowest BCUT2D eigenvalue weighted by Crippen LogP contribution is -2.09. The number of rotatable bonds is 9. The van der Waals surface area contributed by atoms with Gasteiger partial charge in [0.2, 0.25) is 0 Å². The standard InChI is InChI=1S/C22H27F2NO3S/c1-5-27-19(26)9-8-15-11-17(23)20(18(24)12-15)28-13-16-7-6-10-25-21(16)29-14-22(2,3)4/h6-7,10-12H,5,8-9,13-14H2,1-4H3. The number of carbonyl (C=O) groups excluding carboxylic acids is 1. The third-order valence-corrected chi connectivity index (χ3v) is 5.50. The number of halogens is 2. The van der Waals surface area contributed by atoms with Crippen LogP contribution in [-0.4, -0.2) is 23.3 Å². The van der Waals surface area contributed by atoms with Gasteiger partial charge in [0.1, 0.15) is 11.6 Å². The van der Waals surface area contributed by atoms with E-state index in [0.29, 0.717) is 5.56 Å². The van der Waals surface area contributed by atoms with Gasteiger partial charge >= 0.3 is 5.97 Å². The number of benzene rings is 1. The van der Waals surface area contributed by atoms with E-state index in [9.17, 15) is 13.6 Å². The van der Waals surface area contributed by atoms with Crippen molar-refractivity contribution in [1.29, 1.82) is 0 Å². The summed E-state index contributed by atoms with van der Waals surface area (Å²) in [6.45, 7) is 8.39. The van der Waals surface area contributed by atoms with Gasteiger partial charge in [0.15, 0.2) is 17.4 Å². The van der Waals surface area contributed by atoms with E-state index in [1.54, 1.807) is 30.9 Å². The summed E-state index contributed by atoms with van der Waals surface area (Å²) in [6.07, 6.45) is 1.95. The molecule has 0 fully saturated rings. The Hall–Kier alpha value is -2.15. The number of hydrogen-bond donors (Lipinski definition) is 0. The number of thioether (sulfide) groups is 1. The Labute approximate surface area is 175 Å². The monoisotopic (exact) mass is 423 g/mol. The molecule has 0 aliphatic heterocycles. The van der Waals surface area contributed by atoms with Crippen LogP contribution >= 0.6 is 11.8 Å². The first kappa shape index (κ1) is 23.1. The molecule has 0 amide bonds. The number of hydrogen-bond acceptors (Lipinski definition) is 5. The van der Waals surface area contributed by atoms with Crippen molar-refractivity contribution in [2.24, 2.45) is 5.41 Å². The molecule has 0 unspecified atom stereocenters. The number of esters is 1. The molecule has 2 rings (SSSR count). The summed E-state index contributed by atoms with van der Waals surface area (Å²) in [5.74, 6) is -1.56. The van der Waals surface area contributed by atoms with Crippen molar-refractivity contribution < 1.29 is 23.0 Å². The molecule has 0 saturated heterocycles. The van der Waals surface area contributed by atoms with Crippen molar-refractivity contribution in [1.82, 2.24) is 4.98 Å². The Kier molecular flexibility index (Phi) is 8.44. The minimum Gasteiger partial charge on any atom is -0.483 e. The summed E-state index contributed by atoms with van der Waals surface area (Å²) >= 11 is 1.59. The van der Waals surface area contributed by atoms with Gasteiger partial charge in [0, 0.05) is 23.9 Å². The molecule has 1 heterocycles. The fraction of sp³-hybridized carbons (Fsp3) is 0.455. The smallest absolute Gasteiger partial charge is 0.306 e. The second-order valence-electron chi connectivity index (χ2n) is 7.80. The molecule has 7 heteroatoms. The van der Waals surface area contributed by atoms with E-state index in [0.717, 1.165) is 16.3 Å². The van der Waals surface area contributed by atoms with Crippen LogP contribution in [0.1, 0.15) is 45.2 Å². The molecule has 2 aromatic rings. The van der Waals surface area contributed by atoms with E-state index < -0.39 is 23.4 Å². The van der Waals surface area contributed by atoms with Crippen LogP contribution in [0.15, 0.2) is 35.5 Å². The van der Waals surface area contributed by atoms with Crippen molar-refractivity contribution in [2.45, 2.75) is 52.2 Å². The molecule has 0 aliphatic rings. The second-order valence-corrected chi connectivity index (χ2v) is 8.76. The molecule has 0 radical (unpaired) electrons. The highest BCUT2D eigenvalue weighted by Gasteiger charge is 2.16. The molecule has 158 valence electrons. The fourth-order valence-corrected chi connectivity index (χ4v) is 3.49. The van der Waals surface area contributed by atoms with Crippen molar-refractivity contribution in [2.75, 3.05) is 12.4 Å². The molecule has 0 bridgehead atoms. The Bertz CT molecular complexity index is 814. The summed E-state index contributed by atoms with van der Waals surface area (Å²) in [5, 5.41) is 0.786. The minimum absolute atomic E-state index is 0.0102. The first-order valence-corrected chi connectivity index (χ1v) is 10.5. The van der Waals surface area contributed by atoms with Crippen LogP contribution in [0.25, 0.3) is 0 Å². The largest absolute Gasteiger partial charge is 0.483 e. The van der Waals surface area contributed by atoms with Gasteiger partial charge < -0.3 is 9.47 Å². The van der Waals surface area contributed by atoms with E-state index in [-0.39, 0.29) is 31.5 Å². The molecular formula is C22H27F2NO3S. The van der Waals surface area contributed by atoms with Crippen LogP contribution in [-0.2, 0) is 22.6 Å². The third-order valence-electron chi connectivity index (χ3n) is 3.85. The predicted octanol–water partition coefficient (Wildman–Crippen LogP) is 5.57. The lowest BCUT2D eigenvalue weighted by molar-refractivity contribution is -0.143. The highest BCUT2D eigenvalue weighted by Crippen LogP contribution is 2.30. The summed E-state index contributed by atoms with van der Waals surface area (Å²) in [7, 11) is 0. The molecule has 0 aliphatic carbocycles. The first-order valence-electron chi connectivity index (χ1n) is 9.52. The zero-order valence-electron chi connectivity index (χ0n) is 17.3. The minimum atomic E-state index is -0.795. The van der Waals surface area contributed by atoms with Crippen LogP contribution in [0.2, 0.25) is 0 Å². The predicted molar refractivity (Wildman–Crippen MR) is 110 cm³/mol. The van der Waals surface area contributed by atoms with E-state index >= 15 is 0 Å². The van der Waals surface area contributed by atoms with Crippen molar-refractivity contribution in [3.63, 3.8) is 0 Å². The molecular weight excluding hydrogens is 396 g/mol. The maximum Gasteiger partial charge on any atom is 0.306 e. The van der Waals surface area contributed by atoms with Gasteiger partial charge in [-0.05, 0) is 42.5 Å². The van der Waals surface area contributed by atoms with Gasteiger partial charge in [-0.25, -0.2) is 13.8 Å². The van der Waals surface area contributed by atoms with Crippen LogP contribution in [0.5, 0.6) is 5.75 Å². The molecule has 0 spiro atoms. The van der Waals surface area contributed by atoms with Gasteiger partial charge in [-0.3, -0.25) is 4.79 Å². The van der Waals surface area contributed by atoms with Crippen LogP contribution in [0, 0.1) is 17.0 Å². The molecule has 0 N–H and O–H groups in total. The Morgan fingerprint density at radius 2 is 1.90 bits per heavy atom. The molecule has 0 saturated carbocycles. The average molecular weight is 424 g/mol. The molecule has 4 nitrogen and oxygen atoms in total. The van der Waals surface area contributed by atoms with Crippen LogP contribution in [0.4, 0.5) is 8.78 Å². The zero-order valence-corrected chi connectivity index (χ0v) is 18.1. The van der Waals surface area contributed by atoms with Crippen LogP contribution in [0.3, 0.4) is 0 Å². The molecule has 29 heavy (non-hydrogen) atoms. The quantitative estimate of drug-likeness (QED) is 0.390. The molecule has 1 aromatic carbocycles. The second kappa shape index (κ2) is 10.6. The summed E-state index contributed by atoms with van der Waals surface area (Å²) < 4.78 is 39.1. The number of aromatic nitrogens is 1. The topological polar surface area (TPSA) is 48.4 Å². The van der Waals surface area contributed by atoms with Crippen LogP contribution < -0.4 is 4.74 Å². The molecule has 1 aromatic heterocycles. The zero-order chi connectivity index (χ0) is 21.4. The highest BCUT2D eigenvalue weighted by molar-refractivity contribution is 7.99. The van der Waals surface area contributed by atoms with Gasteiger partial charge in [0.25, 0.3) is 0 Å². The Morgan fingerprint density at radius 1 is 1.21 bits per heavy atom. The van der Waals surface area contributed by atoms with Gasteiger partial charge in [0.05, 0.1) is 6.61 Å². The number of pyridine rings is 1. The highest BCUT2D eigenvalue weighted by atomic mass is 32.2. The lowest BCUT2D eigenvalue weighted by Gasteiger charge is -2.18. The normalized spacial score (nSPS) is 11.4. The van der Waals surface area contributed by atoms with Crippen molar-refractivity contribution >= 4 is 17.7 Å². The van der Waals surface area contributed by atoms with E-state index in [4.69, 9.17) is 9.47 Å². The summed E-state index contributed by atoms with van der Waals surface area (Å²) in [4.78, 5) is 15.8. The summed E-state index contributed by atoms with van der Waals surface area (Å²) in [6, 6.07) is 5.98. The van der Waals surface area contributed by atoms with Gasteiger partial charge in [-0.2, -0.15) is 0 Å². The van der Waals surface area contributed by atoms with E-state index in [2.05, 4.69) is 25.8 Å². The van der Waals surface area contributed by atoms with E-state index in [1.165, 1.54) is 12.1 Å². The number of aryl methyl sites for hydroxylation is 1. The maximum absolute atomic E-state index is 14.4. The Morgan fingerprint density at radius 3 is 2.52 bits per heavy atom. The first-order chi connectivity index (χ1) is 13.7. The average Bonchev–Trinajstić information content (AvgIpc) is 2.64. The SMILES string of the molecule is CCOC(=O)CCc1cc(F)c(OCc2cccnc2SCC(C)(C)C)c(F)c1. The maximum atomic E-state index is 14.4.